The van der Waals surface area contributed by atoms with Crippen LogP contribution in [0.4, 0.5) is 0 Å². The van der Waals surface area contributed by atoms with E-state index in [4.69, 9.17) is 0 Å². The predicted octanol–water partition coefficient (Wildman–Crippen LogP) is 1.93. The lowest BCUT2D eigenvalue weighted by Gasteiger charge is -2.16. The molecule has 1 atom stereocenters. The van der Waals surface area contributed by atoms with Crippen LogP contribution in [-0.2, 0) is 4.79 Å². The average Bonchev–Trinajstić information content (AvgIpc) is 1.87. The smallest absolute Gasteiger partial charge is 0.221 e. The van der Waals surface area contributed by atoms with Crippen LogP contribution in [0.5, 0.6) is 0 Å². The van der Waals surface area contributed by atoms with E-state index in [1.165, 1.54) is 0 Å². The molecule has 66 valence electrons. The van der Waals surface area contributed by atoms with Crippen molar-refractivity contribution in [2.24, 2.45) is 5.92 Å². The van der Waals surface area contributed by atoms with E-state index in [1.807, 2.05) is 6.92 Å². The molecule has 0 aromatic carbocycles. The lowest BCUT2D eigenvalue weighted by Crippen LogP contribution is -2.36. The molecule has 1 unspecified atom stereocenters. The van der Waals surface area contributed by atoms with Crippen LogP contribution in [0.3, 0.4) is 0 Å². The molecule has 11 heavy (non-hydrogen) atoms. The Morgan fingerprint density at radius 3 is 2.36 bits per heavy atom. The highest BCUT2D eigenvalue weighted by atomic mass is 79.9. The van der Waals surface area contributed by atoms with E-state index in [2.05, 4.69) is 35.1 Å². The number of hydrogen-bond donors (Lipinski definition) is 1. The molecule has 0 aromatic rings. The summed E-state index contributed by atoms with van der Waals surface area (Å²) in [5.74, 6) is 0.636. The molecule has 2 nitrogen and oxygen atoms in total. The Morgan fingerprint density at radius 1 is 1.45 bits per heavy atom. The summed E-state index contributed by atoms with van der Waals surface area (Å²) in [7, 11) is 0. The fourth-order valence-corrected chi connectivity index (χ4v) is 0.939. The van der Waals surface area contributed by atoms with Gasteiger partial charge in [0.25, 0.3) is 0 Å². The van der Waals surface area contributed by atoms with Crippen molar-refractivity contribution in [1.29, 1.82) is 0 Å². The summed E-state index contributed by atoms with van der Waals surface area (Å²) in [4.78, 5) is 11.0. The molecule has 0 aromatic heterocycles. The van der Waals surface area contributed by atoms with E-state index in [0.717, 1.165) is 5.33 Å². The maximum Gasteiger partial charge on any atom is 0.221 e. The molecule has 0 aliphatic rings. The molecule has 1 N–H and O–H groups in total. The normalized spacial score (nSPS) is 13.2. The molecule has 0 aliphatic carbocycles. The Balaban J connectivity index is 3.57. The van der Waals surface area contributed by atoms with Crippen LogP contribution in [0.25, 0.3) is 0 Å². The summed E-state index contributed by atoms with van der Waals surface area (Å²) in [6, 6.07) is 0.279. The summed E-state index contributed by atoms with van der Waals surface area (Å²) in [5, 5.41) is 3.65. The zero-order chi connectivity index (χ0) is 8.85. The molecule has 0 bridgehead atoms. The van der Waals surface area contributed by atoms with Crippen molar-refractivity contribution in [3.8, 4) is 0 Å². The Hall–Kier alpha value is -0.0500. The highest BCUT2D eigenvalue weighted by molar-refractivity contribution is 9.09. The molecule has 0 spiro atoms. The van der Waals surface area contributed by atoms with E-state index in [1.54, 1.807) is 0 Å². The summed E-state index contributed by atoms with van der Waals surface area (Å²) in [5.41, 5.74) is 0. The topological polar surface area (TPSA) is 29.1 Å². The van der Waals surface area contributed by atoms with Crippen molar-refractivity contribution in [3.63, 3.8) is 0 Å². The second-order valence-electron chi connectivity index (χ2n) is 3.04. The van der Waals surface area contributed by atoms with E-state index < -0.39 is 0 Å². The molecule has 0 aliphatic heterocycles. The number of carbonyl (C=O) groups is 1. The van der Waals surface area contributed by atoms with Gasteiger partial charge in [0.15, 0.2) is 0 Å². The SMILES string of the molecule is CC(C)C(C)NC(=O)CCBr. The average molecular weight is 222 g/mol. The molecule has 0 fully saturated rings. The zero-order valence-electron chi connectivity index (χ0n) is 7.36. The number of rotatable bonds is 4. The van der Waals surface area contributed by atoms with E-state index in [-0.39, 0.29) is 11.9 Å². The highest BCUT2D eigenvalue weighted by Crippen LogP contribution is 2.00. The molecular weight excluding hydrogens is 206 g/mol. The van der Waals surface area contributed by atoms with Crippen LogP contribution >= 0.6 is 15.9 Å². The van der Waals surface area contributed by atoms with Gasteiger partial charge in [-0.3, -0.25) is 4.79 Å². The van der Waals surface area contributed by atoms with Gasteiger partial charge in [-0.1, -0.05) is 29.8 Å². The van der Waals surface area contributed by atoms with E-state index >= 15 is 0 Å². The summed E-state index contributed by atoms with van der Waals surface area (Å²) >= 11 is 3.22. The summed E-state index contributed by atoms with van der Waals surface area (Å²) in [6.45, 7) is 6.22. The van der Waals surface area contributed by atoms with Gasteiger partial charge >= 0.3 is 0 Å². The number of halogens is 1. The fraction of sp³-hybridized carbons (Fsp3) is 0.875. The first-order valence-corrected chi connectivity index (χ1v) is 5.05. The van der Waals surface area contributed by atoms with Gasteiger partial charge in [-0.25, -0.2) is 0 Å². The van der Waals surface area contributed by atoms with Crippen LogP contribution in [0, 0.1) is 5.92 Å². The maximum atomic E-state index is 11.0. The lowest BCUT2D eigenvalue weighted by molar-refractivity contribution is -0.121. The molecule has 0 saturated carbocycles. The quantitative estimate of drug-likeness (QED) is 0.723. The lowest BCUT2D eigenvalue weighted by atomic mass is 10.1. The number of amides is 1. The Kier molecular flexibility index (Phi) is 5.56. The van der Waals surface area contributed by atoms with Crippen molar-refractivity contribution in [1.82, 2.24) is 5.32 Å². The zero-order valence-corrected chi connectivity index (χ0v) is 8.94. The Morgan fingerprint density at radius 2 is 2.00 bits per heavy atom. The largest absolute Gasteiger partial charge is 0.353 e. The van der Waals surface area contributed by atoms with E-state index in [0.29, 0.717) is 12.3 Å². The molecular formula is C8H16BrNO. The second kappa shape index (κ2) is 5.58. The van der Waals surface area contributed by atoms with Crippen molar-refractivity contribution in [2.75, 3.05) is 5.33 Å². The van der Waals surface area contributed by atoms with Crippen LogP contribution < -0.4 is 5.32 Å². The fourth-order valence-electron chi connectivity index (χ4n) is 0.579. The summed E-state index contributed by atoms with van der Waals surface area (Å²) in [6.07, 6.45) is 0.567. The van der Waals surface area contributed by atoms with Crippen LogP contribution in [-0.4, -0.2) is 17.3 Å². The van der Waals surface area contributed by atoms with Gasteiger partial charge in [0, 0.05) is 17.8 Å². The van der Waals surface area contributed by atoms with Gasteiger partial charge in [0.05, 0.1) is 0 Å². The van der Waals surface area contributed by atoms with Gasteiger partial charge < -0.3 is 5.32 Å². The minimum atomic E-state index is 0.128. The number of hydrogen-bond acceptors (Lipinski definition) is 1. The van der Waals surface area contributed by atoms with Crippen molar-refractivity contribution in [2.45, 2.75) is 33.2 Å². The third-order valence-electron chi connectivity index (χ3n) is 1.71. The van der Waals surface area contributed by atoms with Gasteiger partial charge in [-0.05, 0) is 12.8 Å². The molecule has 1 amide bonds. The number of alkyl halides is 1. The van der Waals surface area contributed by atoms with Gasteiger partial charge in [-0.15, -0.1) is 0 Å². The third-order valence-corrected chi connectivity index (χ3v) is 2.11. The monoisotopic (exact) mass is 221 g/mol. The first-order chi connectivity index (χ1) is 5.07. The maximum absolute atomic E-state index is 11.0. The van der Waals surface area contributed by atoms with Gasteiger partial charge in [-0.2, -0.15) is 0 Å². The van der Waals surface area contributed by atoms with Crippen LogP contribution in [0.1, 0.15) is 27.2 Å². The van der Waals surface area contributed by atoms with Gasteiger partial charge in [0.1, 0.15) is 0 Å². The van der Waals surface area contributed by atoms with Crippen LogP contribution in [0.2, 0.25) is 0 Å². The molecule has 0 heterocycles. The molecule has 0 rings (SSSR count). The third kappa shape index (κ3) is 5.24. The van der Waals surface area contributed by atoms with E-state index in [9.17, 15) is 4.79 Å². The predicted molar refractivity (Wildman–Crippen MR) is 50.9 cm³/mol. The highest BCUT2D eigenvalue weighted by Gasteiger charge is 2.09. The van der Waals surface area contributed by atoms with Crippen molar-refractivity contribution in [3.05, 3.63) is 0 Å². The first-order valence-electron chi connectivity index (χ1n) is 3.93. The molecule has 0 saturated heterocycles. The van der Waals surface area contributed by atoms with Crippen molar-refractivity contribution < 1.29 is 4.79 Å². The number of nitrogens with one attached hydrogen (secondary N) is 1. The first kappa shape index (κ1) is 11.0. The minimum absolute atomic E-state index is 0.128. The second-order valence-corrected chi connectivity index (χ2v) is 3.83. The molecule has 0 radical (unpaired) electrons. The Bertz CT molecular complexity index is 125. The van der Waals surface area contributed by atoms with Crippen molar-refractivity contribution >= 4 is 21.8 Å². The number of carbonyl (C=O) groups excluding carboxylic acids is 1. The Labute approximate surface area is 76.9 Å². The minimum Gasteiger partial charge on any atom is -0.353 e. The summed E-state index contributed by atoms with van der Waals surface area (Å²) < 4.78 is 0. The van der Waals surface area contributed by atoms with Crippen LogP contribution in [0.15, 0.2) is 0 Å². The van der Waals surface area contributed by atoms with Gasteiger partial charge in [0.2, 0.25) is 5.91 Å². The standard InChI is InChI=1S/C8H16BrNO/c1-6(2)7(3)10-8(11)4-5-9/h6-7H,4-5H2,1-3H3,(H,10,11). The molecule has 3 heteroatoms.